The molecule has 1 saturated heterocycles. The van der Waals surface area contributed by atoms with Crippen LogP contribution in [0.15, 0.2) is 91.0 Å². The Bertz CT molecular complexity index is 1670. The minimum Gasteiger partial charge on any atom is -0.369 e. The van der Waals surface area contributed by atoms with Gasteiger partial charge in [-0.25, -0.2) is 13.6 Å². The Kier molecular flexibility index (Phi) is 9.71. The predicted octanol–water partition coefficient (Wildman–Crippen LogP) is 6.54. The molecule has 0 radical (unpaired) electrons. The van der Waals surface area contributed by atoms with Crippen LogP contribution in [-0.4, -0.2) is 48.9 Å². The van der Waals surface area contributed by atoms with Gasteiger partial charge >= 0.3 is 6.03 Å². The van der Waals surface area contributed by atoms with Crippen LogP contribution in [0.3, 0.4) is 0 Å². The van der Waals surface area contributed by atoms with Crippen molar-refractivity contribution in [1.82, 2.24) is 10.2 Å². The van der Waals surface area contributed by atoms with E-state index in [1.54, 1.807) is 71.6 Å². The second kappa shape index (κ2) is 14.0. The molecule has 4 aromatic carbocycles. The molecule has 44 heavy (non-hydrogen) atoms. The summed E-state index contributed by atoms with van der Waals surface area (Å²) >= 11 is 6.20. The van der Waals surface area contributed by atoms with Crippen LogP contribution in [0.5, 0.6) is 0 Å². The third kappa shape index (κ3) is 7.51. The fraction of sp³-hybridized carbons (Fsp3) is 0.182. The molecule has 0 bridgehead atoms. The highest BCUT2D eigenvalue weighted by molar-refractivity contribution is 6.34. The summed E-state index contributed by atoms with van der Waals surface area (Å²) in [5.74, 6) is -1.71. The molecule has 3 N–H and O–H groups in total. The number of halogens is 3. The molecule has 1 fully saturated rings. The number of benzene rings is 4. The molecule has 0 aromatic heterocycles. The van der Waals surface area contributed by atoms with Crippen LogP contribution >= 0.6 is 11.6 Å². The van der Waals surface area contributed by atoms with E-state index in [1.807, 2.05) is 4.90 Å². The number of hydrogen-bond donors (Lipinski definition) is 3. The summed E-state index contributed by atoms with van der Waals surface area (Å²) in [4.78, 5) is 43.0. The van der Waals surface area contributed by atoms with E-state index < -0.39 is 23.7 Å². The number of carbonyl (C=O) groups is 3. The van der Waals surface area contributed by atoms with Crippen molar-refractivity contribution in [2.24, 2.45) is 0 Å². The molecule has 1 aliphatic heterocycles. The topological polar surface area (TPSA) is 93.8 Å². The zero-order valence-electron chi connectivity index (χ0n) is 23.7. The average Bonchev–Trinajstić information content (AvgIpc) is 3.28. The van der Waals surface area contributed by atoms with Crippen molar-refractivity contribution in [3.8, 4) is 0 Å². The third-order valence-corrected chi connectivity index (χ3v) is 7.55. The van der Waals surface area contributed by atoms with Crippen LogP contribution in [-0.2, 0) is 6.54 Å². The monoisotopic (exact) mass is 617 g/mol. The maximum absolute atomic E-state index is 14.1. The van der Waals surface area contributed by atoms with Gasteiger partial charge in [-0.1, -0.05) is 48.0 Å². The minimum atomic E-state index is -0.518. The first-order valence-electron chi connectivity index (χ1n) is 14.1. The fourth-order valence-electron chi connectivity index (χ4n) is 4.91. The first-order valence-corrected chi connectivity index (χ1v) is 14.4. The van der Waals surface area contributed by atoms with Crippen LogP contribution in [0.1, 0.15) is 32.7 Å². The molecule has 1 heterocycles. The minimum absolute atomic E-state index is 0.105. The van der Waals surface area contributed by atoms with Crippen molar-refractivity contribution in [2.75, 3.05) is 41.7 Å². The van der Waals surface area contributed by atoms with E-state index in [1.165, 1.54) is 24.3 Å². The zero-order valence-corrected chi connectivity index (χ0v) is 24.4. The molecule has 11 heteroatoms. The molecule has 4 aromatic rings. The summed E-state index contributed by atoms with van der Waals surface area (Å²) < 4.78 is 27.5. The van der Waals surface area contributed by atoms with Gasteiger partial charge in [-0.05, 0) is 66.6 Å². The third-order valence-electron chi connectivity index (χ3n) is 7.22. The fourth-order valence-corrected chi connectivity index (χ4v) is 5.13. The van der Waals surface area contributed by atoms with Crippen molar-refractivity contribution in [3.63, 3.8) is 0 Å². The van der Waals surface area contributed by atoms with Gasteiger partial charge < -0.3 is 25.8 Å². The highest BCUT2D eigenvalue weighted by Crippen LogP contribution is 2.27. The maximum atomic E-state index is 14.1. The zero-order chi connectivity index (χ0) is 31.1. The second-order valence-corrected chi connectivity index (χ2v) is 10.6. The number of anilines is 3. The Labute approximate surface area is 258 Å². The number of nitrogens with zero attached hydrogens (tertiary/aromatic N) is 2. The van der Waals surface area contributed by atoms with Gasteiger partial charge in [0, 0.05) is 44.1 Å². The standard InChI is InChI=1S/C33H30ClF2N5O3/c34-27-7-2-1-6-25(27)32(43)38-24-14-15-30(26(20-24)31(42)37-21-22-10-12-23(35)13-11-22)40-16-5-17-41(19-18-40)33(44)39-29-9-4-3-8-28(29)36/h1-4,6-15,20H,5,16-19,21H2,(H,37,42)(H,38,43)(H,39,44). The number of hydrogen-bond acceptors (Lipinski definition) is 4. The lowest BCUT2D eigenvalue weighted by Crippen LogP contribution is -2.38. The number of rotatable bonds is 7. The van der Waals surface area contributed by atoms with Crippen LogP contribution in [0, 0.1) is 11.6 Å². The van der Waals surface area contributed by atoms with E-state index >= 15 is 0 Å². The van der Waals surface area contributed by atoms with Gasteiger partial charge in [0.15, 0.2) is 0 Å². The largest absolute Gasteiger partial charge is 0.369 e. The van der Waals surface area contributed by atoms with E-state index in [0.717, 1.165) is 5.56 Å². The van der Waals surface area contributed by atoms with Gasteiger partial charge in [-0.2, -0.15) is 0 Å². The van der Waals surface area contributed by atoms with E-state index in [2.05, 4.69) is 16.0 Å². The number of para-hydroxylation sites is 1. The first-order chi connectivity index (χ1) is 21.3. The quantitative estimate of drug-likeness (QED) is 0.219. The molecule has 4 amide bonds. The van der Waals surface area contributed by atoms with Gasteiger partial charge in [0.2, 0.25) is 0 Å². The SMILES string of the molecule is O=C(Nc1ccc(N2CCCN(C(=O)Nc3ccccc3F)CC2)c(C(=O)NCc2ccc(F)cc2)c1)c1ccccc1Cl. The highest BCUT2D eigenvalue weighted by Gasteiger charge is 2.24. The van der Waals surface area contributed by atoms with E-state index in [4.69, 9.17) is 11.6 Å². The number of nitrogens with one attached hydrogen (secondary N) is 3. The Morgan fingerprint density at radius 2 is 1.50 bits per heavy atom. The van der Waals surface area contributed by atoms with Gasteiger partial charge in [-0.3, -0.25) is 9.59 Å². The van der Waals surface area contributed by atoms with E-state index in [0.29, 0.717) is 60.1 Å². The molecule has 1 aliphatic rings. The lowest BCUT2D eigenvalue weighted by molar-refractivity contribution is 0.0950. The normalized spacial score (nSPS) is 13.2. The molecule has 0 atom stereocenters. The Morgan fingerprint density at radius 3 is 2.27 bits per heavy atom. The Morgan fingerprint density at radius 1 is 0.750 bits per heavy atom. The highest BCUT2D eigenvalue weighted by atomic mass is 35.5. The second-order valence-electron chi connectivity index (χ2n) is 10.2. The molecule has 0 spiro atoms. The average molecular weight is 618 g/mol. The molecule has 0 saturated carbocycles. The van der Waals surface area contributed by atoms with Crippen molar-refractivity contribution in [1.29, 1.82) is 0 Å². The Balaban J connectivity index is 1.35. The molecular formula is C33H30ClF2N5O3. The van der Waals surface area contributed by atoms with Crippen molar-refractivity contribution in [2.45, 2.75) is 13.0 Å². The number of urea groups is 1. The number of amides is 4. The maximum Gasteiger partial charge on any atom is 0.321 e. The van der Waals surface area contributed by atoms with Crippen molar-refractivity contribution in [3.05, 3.63) is 124 Å². The summed E-state index contributed by atoms with van der Waals surface area (Å²) in [6, 6.07) is 23.1. The summed E-state index contributed by atoms with van der Waals surface area (Å²) in [6.07, 6.45) is 0.603. The van der Waals surface area contributed by atoms with E-state index in [-0.39, 0.29) is 18.0 Å². The molecule has 0 aliphatic carbocycles. The molecule has 5 rings (SSSR count). The van der Waals surface area contributed by atoms with Gasteiger partial charge in [0.1, 0.15) is 11.6 Å². The summed E-state index contributed by atoms with van der Waals surface area (Å²) in [6.45, 7) is 1.90. The number of carbonyl (C=O) groups excluding carboxylic acids is 3. The summed E-state index contributed by atoms with van der Waals surface area (Å²) in [7, 11) is 0. The first kappa shape index (κ1) is 30.5. The van der Waals surface area contributed by atoms with Gasteiger partial charge in [-0.15, -0.1) is 0 Å². The lowest BCUT2D eigenvalue weighted by atomic mass is 10.1. The van der Waals surface area contributed by atoms with E-state index in [9.17, 15) is 23.2 Å². The predicted molar refractivity (Wildman–Crippen MR) is 167 cm³/mol. The molecule has 226 valence electrons. The lowest BCUT2D eigenvalue weighted by Gasteiger charge is -2.26. The van der Waals surface area contributed by atoms with Crippen LogP contribution in [0.25, 0.3) is 0 Å². The molecular weight excluding hydrogens is 588 g/mol. The Hall–Kier alpha value is -4.96. The van der Waals surface area contributed by atoms with Crippen LogP contribution in [0.2, 0.25) is 5.02 Å². The van der Waals surface area contributed by atoms with Gasteiger partial charge in [0.25, 0.3) is 11.8 Å². The summed E-state index contributed by atoms with van der Waals surface area (Å²) in [5, 5.41) is 8.62. The smallest absolute Gasteiger partial charge is 0.321 e. The molecule has 8 nitrogen and oxygen atoms in total. The summed E-state index contributed by atoms with van der Waals surface area (Å²) in [5.41, 5.74) is 2.44. The van der Waals surface area contributed by atoms with Crippen molar-refractivity contribution >= 4 is 46.5 Å². The van der Waals surface area contributed by atoms with Crippen molar-refractivity contribution < 1.29 is 23.2 Å². The van der Waals surface area contributed by atoms with Crippen LogP contribution in [0.4, 0.5) is 30.6 Å². The molecule has 0 unspecified atom stereocenters. The van der Waals surface area contributed by atoms with Crippen LogP contribution < -0.4 is 20.9 Å². The van der Waals surface area contributed by atoms with Gasteiger partial charge in [0.05, 0.1) is 21.8 Å².